The lowest BCUT2D eigenvalue weighted by Crippen LogP contribution is -2.41. The molecule has 0 atom stereocenters. The lowest BCUT2D eigenvalue weighted by atomic mass is 9.79. The molecule has 19 heavy (non-hydrogen) atoms. The number of benzene rings is 1. The van der Waals surface area contributed by atoms with Crippen molar-refractivity contribution < 1.29 is 13.7 Å². The summed E-state index contributed by atoms with van der Waals surface area (Å²) in [6.07, 6.45) is 0. The van der Waals surface area contributed by atoms with Gasteiger partial charge in [0.2, 0.25) is 0 Å². The molecule has 1 aromatic carbocycles. The summed E-state index contributed by atoms with van der Waals surface area (Å²) >= 11 is 0. The van der Waals surface area contributed by atoms with Crippen LogP contribution in [0.25, 0.3) is 11.1 Å². The molecule has 0 saturated carbocycles. The van der Waals surface area contributed by atoms with Crippen LogP contribution in [0.15, 0.2) is 22.6 Å². The first-order valence-corrected chi connectivity index (χ1v) is 6.51. The molecule has 1 aromatic heterocycles. The number of fused-ring (bicyclic) bond motifs is 1. The van der Waals surface area contributed by atoms with Crippen molar-refractivity contribution in [2.75, 3.05) is 0 Å². The van der Waals surface area contributed by atoms with Crippen LogP contribution in [0.4, 0.5) is 0 Å². The summed E-state index contributed by atoms with van der Waals surface area (Å²) < 4.78 is 17.5. The van der Waals surface area contributed by atoms with Crippen molar-refractivity contribution in [2.24, 2.45) is 0 Å². The highest BCUT2D eigenvalue weighted by molar-refractivity contribution is 6.62. The molecule has 2 aromatic rings. The minimum atomic E-state index is -0.355. The van der Waals surface area contributed by atoms with Gasteiger partial charge in [0.1, 0.15) is 5.52 Å². The summed E-state index contributed by atoms with van der Waals surface area (Å²) in [5.41, 5.74) is 1.94. The van der Waals surface area contributed by atoms with E-state index >= 15 is 0 Å². The van der Waals surface area contributed by atoms with Crippen molar-refractivity contribution in [3.63, 3.8) is 0 Å². The maximum absolute atomic E-state index is 6.03. The number of hydrogen-bond acceptors (Lipinski definition) is 4. The second-order valence-corrected chi connectivity index (χ2v) is 6.05. The molecular formula is C14H18BNO3. The number of aromatic nitrogens is 1. The van der Waals surface area contributed by atoms with Gasteiger partial charge < -0.3 is 13.7 Å². The highest BCUT2D eigenvalue weighted by Gasteiger charge is 2.51. The molecule has 0 amide bonds. The third kappa shape index (κ3) is 1.97. The van der Waals surface area contributed by atoms with E-state index in [1.165, 1.54) is 0 Å². The van der Waals surface area contributed by atoms with Crippen LogP contribution in [0.3, 0.4) is 0 Å². The fourth-order valence-electron chi connectivity index (χ4n) is 2.19. The zero-order valence-electron chi connectivity index (χ0n) is 12.0. The van der Waals surface area contributed by atoms with Gasteiger partial charge in [0.15, 0.2) is 11.5 Å². The molecule has 0 radical (unpaired) electrons. The topological polar surface area (TPSA) is 44.5 Å². The largest absolute Gasteiger partial charge is 0.494 e. The molecule has 0 unspecified atom stereocenters. The van der Waals surface area contributed by atoms with E-state index in [9.17, 15) is 0 Å². The Morgan fingerprint density at radius 1 is 1.05 bits per heavy atom. The predicted octanol–water partition coefficient (Wildman–Crippen LogP) is 2.44. The Bertz CT molecular complexity index is 617. The third-order valence-corrected chi connectivity index (χ3v) is 4.04. The van der Waals surface area contributed by atoms with Crippen LogP contribution in [-0.4, -0.2) is 23.3 Å². The summed E-state index contributed by atoms with van der Waals surface area (Å²) in [6, 6.07) is 5.85. The van der Waals surface area contributed by atoms with E-state index in [1.54, 1.807) is 0 Å². The highest BCUT2D eigenvalue weighted by Crippen LogP contribution is 2.36. The van der Waals surface area contributed by atoms with Crippen LogP contribution in [-0.2, 0) is 9.31 Å². The van der Waals surface area contributed by atoms with Gasteiger partial charge >= 0.3 is 7.12 Å². The molecule has 100 valence electrons. The molecule has 0 spiro atoms. The molecule has 3 rings (SSSR count). The lowest BCUT2D eigenvalue weighted by Gasteiger charge is -2.32. The maximum Gasteiger partial charge on any atom is 0.494 e. The molecule has 1 aliphatic rings. The minimum Gasteiger partial charge on any atom is -0.441 e. The highest BCUT2D eigenvalue weighted by atomic mass is 16.7. The van der Waals surface area contributed by atoms with Gasteiger partial charge in [-0.25, -0.2) is 4.98 Å². The van der Waals surface area contributed by atoms with Crippen LogP contribution in [0.2, 0.25) is 0 Å². The second-order valence-electron chi connectivity index (χ2n) is 6.05. The maximum atomic E-state index is 6.03. The SMILES string of the molecule is Cc1nc2cc(B3OC(C)(C)C(C)(C)O3)ccc2o1. The smallest absolute Gasteiger partial charge is 0.441 e. The third-order valence-electron chi connectivity index (χ3n) is 4.04. The first-order valence-electron chi connectivity index (χ1n) is 6.51. The van der Waals surface area contributed by atoms with Crippen molar-refractivity contribution in [3.05, 3.63) is 24.1 Å². The van der Waals surface area contributed by atoms with Gasteiger partial charge in [-0.05, 0) is 45.3 Å². The van der Waals surface area contributed by atoms with E-state index in [2.05, 4.69) is 4.98 Å². The molecule has 2 heterocycles. The van der Waals surface area contributed by atoms with Gasteiger partial charge in [0.05, 0.1) is 11.2 Å². The minimum absolute atomic E-state index is 0.327. The number of aryl methyl sites for hydroxylation is 1. The Morgan fingerprint density at radius 3 is 2.32 bits per heavy atom. The predicted molar refractivity (Wildman–Crippen MR) is 74.5 cm³/mol. The fourth-order valence-corrected chi connectivity index (χ4v) is 2.19. The Labute approximate surface area is 113 Å². The second kappa shape index (κ2) is 3.84. The fraction of sp³-hybridized carbons (Fsp3) is 0.500. The quantitative estimate of drug-likeness (QED) is 0.738. The molecular weight excluding hydrogens is 241 g/mol. The van der Waals surface area contributed by atoms with E-state index in [-0.39, 0.29) is 18.3 Å². The van der Waals surface area contributed by atoms with Crippen LogP contribution in [0, 0.1) is 6.92 Å². The monoisotopic (exact) mass is 259 g/mol. The summed E-state index contributed by atoms with van der Waals surface area (Å²) in [5.74, 6) is 0.668. The zero-order valence-corrected chi connectivity index (χ0v) is 12.0. The van der Waals surface area contributed by atoms with Gasteiger partial charge in [0, 0.05) is 6.92 Å². The Morgan fingerprint density at radius 2 is 1.68 bits per heavy atom. The average molecular weight is 259 g/mol. The zero-order chi connectivity index (χ0) is 13.8. The number of rotatable bonds is 1. The number of hydrogen-bond donors (Lipinski definition) is 0. The summed E-state index contributed by atoms with van der Waals surface area (Å²) in [7, 11) is -0.355. The summed E-state index contributed by atoms with van der Waals surface area (Å²) in [4.78, 5) is 4.34. The Kier molecular flexibility index (Phi) is 2.56. The average Bonchev–Trinajstić information content (AvgIpc) is 2.74. The molecule has 5 heteroatoms. The van der Waals surface area contributed by atoms with E-state index in [1.807, 2.05) is 52.8 Å². The van der Waals surface area contributed by atoms with Gasteiger partial charge in [-0.15, -0.1) is 0 Å². The molecule has 0 aliphatic carbocycles. The van der Waals surface area contributed by atoms with Crippen molar-refractivity contribution in [1.82, 2.24) is 4.98 Å². The lowest BCUT2D eigenvalue weighted by molar-refractivity contribution is 0.00578. The Balaban J connectivity index is 1.97. The standard InChI is InChI=1S/C14H18BNO3/c1-9-16-11-8-10(6-7-12(11)17-9)15-18-13(2,3)14(4,5)19-15/h6-8H,1-5H3. The van der Waals surface area contributed by atoms with Gasteiger partial charge in [-0.1, -0.05) is 6.07 Å². The van der Waals surface area contributed by atoms with Crippen LogP contribution in [0.5, 0.6) is 0 Å². The van der Waals surface area contributed by atoms with E-state index < -0.39 is 0 Å². The van der Waals surface area contributed by atoms with Gasteiger partial charge in [-0.2, -0.15) is 0 Å². The summed E-state index contributed by atoms with van der Waals surface area (Å²) in [6.45, 7) is 10.0. The number of nitrogens with zero attached hydrogens (tertiary/aromatic N) is 1. The van der Waals surface area contributed by atoms with Crippen LogP contribution >= 0.6 is 0 Å². The van der Waals surface area contributed by atoms with Crippen LogP contribution in [0.1, 0.15) is 33.6 Å². The molecule has 1 fully saturated rings. The van der Waals surface area contributed by atoms with E-state index in [0.29, 0.717) is 5.89 Å². The normalized spacial score (nSPS) is 21.2. The number of oxazole rings is 1. The molecule has 0 bridgehead atoms. The van der Waals surface area contributed by atoms with Crippen molar-refractivity contribution in [3.8, 4) is 0 Å². The van der Waals surface area contributed by atoms with Crippen molar-refractivity contribution in [2.45, 2.75) is 45.8 Å². The van der Waals surface area contributed by atoms with Crippen molar-refractivity contribution >= 4 is 23.7 Å². The Hall–Kier alpha value is -1.33. The molecule has 0 N–H and O–H groups in total. The first kappa shape index (κ1) is 12.7. The summed E-state index contributed by atoms with van der Waals surface area (Å²) in [5, 5.41) is 0. The van der Waals surface area contributed by atoms with Gasteiger partial charge in [-0.3, -0.25) is 0 Å². The molecule has 1 saturated heterocycles. The first-order chi connectivity index (χ1) is 8.78. The van der Waals surface area contributed by atoms with E-state index in [4.69, 9.17) is 13.7 Å². The van der Waals surface area contributed by atoms with Gasteiger partial charge in [0.25, 0.3) is 0 Å². The van der Waals surface area contributed by atoms with Crippen molar-refractivity contribution in [1.29, 1.82) is 0 Å². The molecule has 1 aliphatic heterocycles. The van der Waals surface area contributed by atoms with E-state index in [0.717, 1.165) is 16.6 Å². The van der Waals surface area contributed by atoms with Crippen LogP contribution < -0.4 is 5.46 Å². The molecule has 4 nitrogen and oxygen atoms in total.